The van der Waals surface area contributed by atoms with Crippen molar-refractivity contribution < 1.29 is 4.42 Å². The number of oxazole rings is 1. The highest BCUT2D eigenvalue weighted by Crippen LogP contribution is 2.40. The van der Waals surface area contributed by atoms with Crippen molar-refractivity contribution in [1.29, 1.82) is 0 Å². The van der Waals surface area contributed by atoms with Crippen molar-refractivity contribution in [2.45, 2.75) is 13.3 Å². The minimum Gasteiger partial charge on any atom is -0.441 e. The summed E-state index contributed by atoms with van der Waals surface area (Å²) >= 11 is 0. The predicted molar refractivity (Wildman–Crippen MR) is 184 cm³/mol. The number of aromatic nitrogens is 3. The first kappa shape index (κ1) is 26.7. The van der Waals surface area contributed by atoms with Crippen LogP contribution in [0, 0.1) is 0 Å². The number of hydrogen-bond acceptors (Lipinski definition) is 4. The highest BCUT2D eigenvalue weighted by atomic mass is 16.3. The van der Waals surface area contributed by atoms with Gasteiger partial charge >= 0.3 is 0 Å². The van der Waals surface area contributed by atoms with E-state index < -0.39 is 0 Å². The van der Waals surface area contributed by atoms with Crippen molar-refractivity contribution >= 4 is 21.9 Å². The van der Waals surface area contributed by atoms with E-state index in [1.165, 1.54) is 16.3 Å². The van der Waals surface area contributed by atoms with Crippen LogP contribution in [-0.2, 0) is 6.42 Å². The third kappa shape index (κ3) is 5.07. The maximum absolute atomic E-state index is 6.06. The Hall–Kier alpha value is -5.87. The third-order valence-corrected chi connectivity index (χ3v) is 8.27. The minimum atomic E-state index is 0.710. The standard InChI is InChI=1S/C41H29N3O/c1-2-39-42-35-24-22-32(25-38(35)45-39)40-33-16-10-9-11-27(33)21-23-34(40)28-17-19-30(20-18-28)37-26-36(29-12-5-3-6-13-29)43-41(44-37)31-14-7-4-8-15-31/h3-26H,2H2,1H3. The van der Waals surface area contributed by atoms with Crippen molar-refractivity contribution in [2.24, 2.45) is 0 Å². The van der Waals surface area contributed by atoms with Gasteiger partial charge in [0.15, 0.2) is 17.3 Å². The summed E-state index contributed by atoms with van der Waals surface area (Å²) in [5, 5.41) is 2.40. The van der Waals surface area contributed by atoms with Gasteiger partial charge in [-0.2, -0.15) is 0 Å². The largest absolute Gasteiger partial charge is 0.441 e. The molecule has 0 atom stereocenters. The smallest absolute Gasteiger partial charge is 0.195 e. The fourth-order valence-electron chi connectivity index (χ4n) is 5.99. The van der Waals surface area contributed by atoms with Gasteiger partial charge in [-0.15, -0.1) is 0 Å². The van der Waals surface area contributed by atoms with Gasteiger partial charge in [-0.3, -0.25) is 0 Å². The van der Waals surface area contributed by atoms with Crippen molar-refractivity contribution in [3.05, 3.63) is 151 Å². The molecule has 214 valence electrons. The van der Waals surface area contributed by atoms with Crippen LogP contribution in [-0.4, -0.2) is 15.0 Å². The van der Waals surface area contributed by atoms with Crippen LogP contribution in [0.1, 0.15) is 12.8 Å². The molecule has 8 rings (SSSR count). The Labute approximate surface area is 261 Å². The molecule has 0 aliphatic heterocycles. The van der Waals surface area contributed by atoms with E-state index >= 15 is 0 Å². The molecule has 0 radical (unpaired) electrons. The fraction of sp³-hybridized carbons (Fsp3) is 0.0488. The molecule has 0 amide bonds. The average molecular weight is 580 g/mol. The Morgan fingerprint density at radius 3 is 1.87 bits per heavy atom. The van der Waals surface area contributed by atoms with Crippen LogP contribution in [0.25, 0.3) is 78.0 Å². The lowest BCUT2D eigenvalue weighted by Gasteiger charge is -2.15. The monoisotopic (exact) mass is 579 g/mol. The van der Waals surface area contributed by atoms with Gasteiger partial charge in [0.2, 0.25) is 0 Å². The molecule has 4 nitrogen and oxygen atoms in total. The summed E-state index contributed by atoms with van der Waals surface area (Å²) in [6.45, 7) is 2.06. The van der Waals surface area contributed by atoms with E-state index in [0.29, 0.717) is 5.82 Å². The molecule has 2 aromatic heterocycles. The highest BCUT2D eigenvalue weighted by molar-refractivity contribution is 6.05. The number of fused-ring (bicyclic) bond motifs is 2. The second-order valence-corrected chi connectivity index (χ2v) is 11.1. The van der Waals surface area contributed by atoms with Crippen LogP contribution >= 0.6 is 0 Å². The van der Waals surface area contributed by atoms with Gasteiger partial charge in [0.05, 0.1) is 11.4 Å². The van der Waals surface area contributed by atoms with Gasteiger partial charge in [0, 0.05) is 23.1 Å². The van der Waals surface area contributed by atoms with E-state index in [-0.39, 0.29) is 0 Å². The van der Waals surface area contributed by atoms with Gasteiger partial charge in [0.1, 0.15) is 5.52 Å². The molecule has 0 aliphatic carbocycles. The second-order valence-electron chi connectivity index (χ2n) is 11.1. The van der Waals surface area contributed by atoms with Crippen LogP contribution in [0.4, 0.5) is 0 Å². The molecule has 0 saturated heterocycles. The van der Waals surface area contributed by atoms with Gasteiger partial charge in [-0.1, -0.05) is 134 Å². The minimum absolute atomic E-state index is 0.710. The zero-order valence-corrected chi connectivity index (χ0v) is 24.8. The molecule has 2 heterocycles. The van der Waals surface area contributed by atoms with Crippen LogP contribution in [0.2, 0.25) is 0 Å². The first-order chi connectivity index (χ1) is 22.2. The summed E-state index contributed by atoms with van der Waals surface area (Å²) in [6.07, 6.45) is 0.766. The molecule has 4 heteroatoms. The Kier molecular flexibility index (Phi) is 6.73. The molecular formula is C41H29N3O. The normalized spacial score (nSPS) is 11.3. The molecule has 45 heavy (non-hydrogen) atoms. The lowest BCUT2D eigenvalue weighted by atomic mass is 9.89. The van der Waals surface area contributed by atoms with Crippen LogP contribution in [0.3, 0.4) is 0 Å². The van der Waals surface area contributed by atoms with Gasteiger partial charge in [-0.25, -0.2) is 15.0 Å². The second kappa shape index (κ2) is 11.3. The Bertz CT molecular complexity index is 2230. The maximum Gasteiger partial charge on any atom is 0.195 e. The van der Waals surface area contributed by atoms with E-state index in [1.54, 1.807) is 0 Å². The molecule has 0 saturated carbocycles. The zero-order valence-electron chi connectivity index (χ0n) is 24.8. The van der Waals surface area contributed by atoms with Crippen LogP contribution < -0.4 is 0 Å². The van der Waals surface area contributed by atoms with Crippen molar-refractivity contribution in [3.8, 4) is 56.2 Å². The Morgan fingerprint density at radius 2 is 1.13 bits per heavy atom. The molecule has 0 fully saturated rings. The first-order valence-electron chi connectivity index (χ1n) is 15.3. The van der Waals surface area contributed by atoms with Gasteiger partial charge in [0.25, 0.3) is 0 Å². The molecule has 6 aromatic carbocycles. The molecule has 0 N–H and O–H groups in total. The summed E-state index contributed by atoms with van der Waals surface area (Å²) < 4.78 is 6.06. The summed E-state index contributed by atoms with van der Waals surface area (Å²) in [6, 6.07) is 50.5. The zero-order chi connectivity index (χ0) is 30.2. The lowest BCUT2D eigenvalue weighted by Crippen LogP contribution is -1.96. The Balaban J connectivity index is 1.25. The number of nitrogens with zero attached hydrogens (tertiary/aromatic N) is 3. The average Bonchev–Trinajstić information content (AvgIpc) is 3.55. The third-order valence-electron chi connectivity index (χ3n) is 8.27. The fourth-order valence-corrected chi connectivity index (χ4v) is 5.99. The van der Waals surface area contributed by atoms with E-state index in [1.807, 2.05) is 36.4 Å². The number of rotatable bonds is 6. The predicted octanol–water partition coefficient (Wildman–Crippen LogP) is 10.7. The van der Waals surface area contributed by atoms with Crippen LogP contribution in [0.5, 0.6) is 0 Å². The maximum atomic E-state index is 6.06. The van der Waals surface area contributed by atoms with Crippen molar-refractivity contribution in [3.63, 3.8) is 0 Å². The molecule has 0 aliphatic rings. The molecule has 8 aromatic rings. The molecule has 0 spiro atoms. The quantitative estimate of drug-likeness (QED) is 0.197. The van der Waals surface area contributed by atoms with Gasteiger partial charge < -0.3 is 4.42 Å². The van der Waals surface area contributed by atoms with E-state index in [4.69, 9.17) is 14.4 Å². The SMILES string of the molecule is CCc1nc2ccc(-c3c(-c4ccc(-c5cc(-c6ccccc6)nc(-c6ccccc6)n5)cc4)ccc4ccccc34)cc2o1. The number of hydrogen-bond donors (Lipinski definition) is 0. The number of aryl methyl sites for hydroxylation is 1. The topological polar surface area (TPSA) is 51.8 Å². The van der Waals surface area contributed by atoms with Crippen molar-refractivity contribution in [1.82, 2.24) is 15.0 Å². The van der Waals surface area contributed by atoms with E-state index in [2.05, 4.69) is 121 Å². The molecule has 0 unspecified atom stereocenters. The first-order valence-corrected chi connectivity index (χ1v) is 15.3. The van der Waals surface area contributed by atoms with Crippen LogP contribution in [0.15, 0.2) is 150 Å². The molecular weight excluding hydrogens is 550 g/mol. The highest BCUT2D eigenvalue weighted by Gasteiger charge is 2.16. The number of benzene rings is 6. The van der Waals surface area contributed by atoms with E-state index in [9.17, 15) is 0 Å². The summed E-state index contributed by atoms with van der Waals surface area (Å²) in [4.78, 5) is 14.6. The molecule has 0 bridgehead atoms. The summed E-state index contributed by atoms with van der Waals surface area (Å²) in [5.41, 5.74) is 11.1. The van der Waals surface area contributed by atoms with Gasteiger partial charge in [-0.05, 0) is 51.2 Å². The summed E-state index contributed by atoms with van der Waals surface area (Å²) in [7, 11) is 0. The van der Waals surface area contributed by atoms with E-state index in [0.717, 1.165) is 68.2 Å². The van der Waals surface area contributed by atoms with Crippen molar-refractivity contribution in [2.75, 3.05) is 0 Å². The summed E-state index contributed by atoms with van der Waals surface area (Å²) in [5.74, 6) is 1.47. The lowest BCUT2D eigenvalue weighted by molar-refractivity contribution is 0.538. The Morgan fingerprint density at radius 1 is 0.511 bits per heavy atom.